The maximum atomic E-state index is 2.38. The van der Waals surface area contributed by atoms with Gasteiger partial charge in [-0.3, -0.25) is 0 Å². The summed E-state index contributed by atoms with van der Waals surface area (Å²) in [4.78, 5) is 2.38. The van der Waals surface area contributed by atoms with Gasteiger partial charge in [0.2, 0.25) is 0 Å². The van der Waals surface area contributed by atoms with E-state index in [2.05, 4.69) is 25.7 Å². The summed E-state index contributed by atoms with van der Waals surface area (Å²) >= 11 is 0. The van der Waals surface area contributed by atoms with Gasteiger partial charge in [0.15, 0.2) is 0 Å². The van der Waals surface area contributed by atoms with E-state index in [9.17, 15) is 0 Å². The van der Waals surface area contributed by atoms with Crippen LogP contribution in [0.5, 0.6) is 0 Å². The minimum absolute atomic E-state index is 0. The molecular formula is C6H16Cl3MgN. The van der Waals surface area contributed by atoms with Crippen LogP contribution in [0.25, 0.3) is 0 Å². The number of nitrogens with zero attached hydrogens (tertiary/aromatic N) is 1. The molecule has 0 rings (SSSR count). The van der Waals surface area contributed by atoms with Crippen LogP contribution in [0, 0.1) is 0 Å². The van der Waals surface area contributed by atoms with Crippen molar-refractivity contribution in [2.24, 2.45) is 0 Å². The van der Waals surface area contributed by atoms with Crippen LogP contribution >= 0.6 is 12.4 Å². The standard InChI is InChI=1S/C6H15N.3ClH.Mg/c1-4-7(5-2)6-3;;;;/h4-6H2,1-3H3;3*1H;/q;;;;+2/p-2. The van der Waals surface area contributed by atoms with Crippen LogP contribution in [0.1, 0.15) is 20.8 Å². The molecular weight excluding hydrogens is 217 g/mol. The molecule has 0 bridgehead atoms. The van der Waals surface area contributed by atoms with E-state index in [0.29, 0.717) is 0 Å². The second-order valence-corrected chi connectivity index (χ2v) is 1.62. The quantitative estimate of drug-likeness (QED) is 0.443. The Hall–Kier alpha value is 1.60. The van der Waals surface area contributed by atoms with Crippen LogP contribution < -0.4 is 24.8 Å². The predicted octanol–water partition coefficient (Wildman–Crippen LogP) is -4.60. The van der Waals surface area contributed by atoms with Crippen LogP contribution in [-0.4, -0.2) is 47.6 Å². The fourth-order valence-corrected chi connectivity index (χ4v) is 0.671. The molecule has 0 aliphatic carbocycles. The Morgan fingerprint density at radius 1 is 0.818 bits per heavy atom. The molecule has 0 spiro atoms. The van der Waals surface area contributed by atoms with Gasteiger partial charge in [-0.25, -0.2) is 0 Å². The number of hydrogen-bond donors (Lipinski definition) is 0. The van der Waals surface area contributed by atoms with Crippen molar-refractivity contribution in [1.29, 1.82) is 0 Å². The summed E-state index contributed by atoms with van der Waals surface area (Å²) in [5.74, 6) is 0. The van der Waals surface area contributed by atoms with Crippen molar-refractivity contribution in [1.82, 2.24) is 4.90 Å². The van der Waals surface area contributed by atoms with Crippen molar-refractivity contribution in [2.45, 2.75) is 20.8 Å². The molecule has 0 atom stereocenters. The molecule has 5 heteroatoms. The van der Waals surface area contributed by atoms with Gasteiger partial charge in [0.1, 0.15) is 0 Å². The smallest absolute Gasteiger partial charge is 1.00 e. The predicted molar refractivity (Wildman–Crippen MR) is 46.5 cm³/mol. The molecule has 0 saturated carbocycles. The first-order chi connectivity index (χ1) is 3.35. The Morgan fingerprint density at radius 3 is 1.00 bits per heavy atom. The maximum Gasteiger partial charge on any atom is 2.00 e. The van der Waals surface area contributed by atoms with Crippen molar-refractivity contribution < 1.29 is 24.8 Å². The largest absolute Gasteiger partial charge is 2.00 e. The van der Waals surface area contributed by atoms with Crippen LogP contribution in [0.3, 0.4) is 0 Å². The molecule has 0 aliphatic heterocycles. The van der Waals surface area contributed by atoms with Gasteiger partial charge in [0.05, 0.1) is 0 Å². The SMILES string of the molecule is CCN(CC)CC.Cl.[Cl-].[Cl-].[Mg+2]. The Bertz CT molecular complexity index is 39.3. The van der Waals surface area contributed by atoms with Gasteiger partial charge in [-0.15, -0.1) is 12.4 Å². The number of rotatable bonds is 3. The Morgan fingerprint density at radius 2 is 1.00 bits per heavy atom. The number of hydrogen-bond acceptors (Lipinski definition) is 1. The van der Waals surface area contributed by atoms with Gasteiger partial charge in [0.25, 0.3) is 0 Å². The van der Waals surface area contributed by atoms with Crippen LogP contribution in [0.2, 0.25) is 0 Å². The summed E-state index contributed by atoms with van der Waals surface area (Å²) in [6.45, 7) is 10.1. The molecule has 0 fully saturated rings. The molecule has 0 unspecified atom stereocenters. The molecule has 1 nitrogen and oxygen atoms in total. The van der Waals surface area contributed by atoms with Gasteiger partial charge in [0, 0.05) is 0 Å². The molecule has 68 valence electrons. The first-order valence-electron chi connectivity index (χ1n) is 3.07. The second-order valence-electron chi connectivity index (χ2n) is 1.62. The van der Waals surface area contributed by atoms with E-state index in [4.69, 9.17) is 0 Å². The third kappa shape index (κ3) is 18.5. The summed E-state index contributed by atoms with van der Waals surface area (Å²) in [5, 5.41) is 0. The number of halogens is 3. The van der Waals surface area contributed by atoms with E-state index in [1.807, 2.05) is 0 Å². The van der Waals surface area contributed by atoms with Gasteiger partial charge in [-0.2, -0.15) is 0 Å². The maximum absolute atomic E-state index is 2.38. The Labute approximate surface area is 105 Å². The molecule has 0 aromatic heterocycles. The Balaban J connectivity index is -0.0000000300. The Kier molecular flexibility index (Phi) is 60.2. The molecule has 0 aromatic carbocycles. The summed E-state index contributed by atoms with van der Waals surface area (Å²) in [6, 6.07) is 0. The van der Waals surface area contributed by atoms with Gasteiger partial charge in [-0.1, -0.05) is 20.8 Å². The van der Waals surface area contributed by atoms with Crippen LogP contribution in [0.4, 0.5) is 0 Å². The third-order valence-electron chi connectivity index (χ3n) is 1.34. The first-order valence-corrected chi connectivity index (χ1v) is 3.07. The van der Waals surface area contributed by atoms with Crippen molar-refractivity contribution in [3.8, 4) is 0 Å². The summed E-state index contributed by atoms with van der Waals surface area (Å²) < 4.78 is 0. The summed E-state index contributed by atoms with van der Waals surface area (Å²) in [7, 11) is 0. The van der Waals surface area contributed by atoms with E-state index in [1.54, 1.807) is 0 Å². The average molecular weight is 233 g/mol. The van der Waals surface area contributed by atoms with Crippen molar-refractivity contribution in [2.75, 3.05) is 19.6 Å². The average Bonchev–Trinajstić information content (AvgIpc) is 1.72. The normalized spacial score (nSPS) is 6.55. The van der Waals surface area contributed by atoms with E-state index in [1.165, 1.54) is 19.6 Å². The molecule has 0 aromatic rings. The van der Waals surface area contributed by atoms with Gasteiger partial charge >= 0.3 is 23.1 Å². The van der Waals surface area contributed by atoms with Crippen molar-refractivity contribution in [3.05, 3.63) is 0 Å². The summed E-state index contributed by atoms with van der Waals surface area (Å²) in [5.41, 5.74) is 0. The van der Waals surface area contributed by atoms with E-state index in [-0.39, 0.29) is 60.3 Å². The van der Waals surface area contributed by atoms with Gasteiger partial charge < -0.3 is 29.7 Å². The van der Waals surface area contributed by atoms with Crippen LogP contribution in [-0.2, 0) is 0 Å². The zero-order valence-electron chi connectivity index (χ0n) is 7.44. The topological polar surface area (TPSA) is 3.24 Å². The fraction of sp³-hybridized carbons (Fsp3) is 1.00. The summed E-state index contributed by atoms with van der Waals surface area (Å²) in [6.07, 6.45) is 0. The fourth-order valence-electron chi connectivity index (χ4n) is 0.671. The minimum atomic E-state index is 0. The second kappa shape index (κ2) is 22.6. The minimum Gasteiger partial charge on any atom is -1.00 e. The molecule has 11 heavy (non-hydrogen) atoms. The van der Waals surface area contributed by atoms with E-state index < -0.39 is 0 Å². The molecule has 0 saturated heterocycles. The van der Waals surface area contributed by atoms with E-state index in [0.717, 1.165) is 0 Å². The zero-order valence-corrected chi connectivity index (χ0v) is 11.2. The molecule has 0 N–H and O–H groups in total. The molecule has 0 aliphatic rings. The monoisotopic (exact) mass is 231 g/mol. The van der Waals surface area contributed by atoms with E-state index >= 15 is 0 Å². The van der Waals surface area contributed by atoms with Crippen molar-refractivity contribution in [3.63, 3.8) is 0 Å². The van der Waals surface area contributed by atoms with Crippen molar-refractivity contribution >= 4 is 35.5 Å². The molecule has 0 amide bonds. The van der Waals surface area contributed by atoms with Crippen LogP contribution in [0.15, 0.2) is 0 Å². The zero-order chi connectivity index (χ0) is 5.70. The molecule has 0 radical (unpaired) electrons. The van der Waals surface area contributed by atoms with Gasteiger partial charge in [-0.05, 0) is 19.6 Å². The molecule has 0 heterocycles. The first kappa shape index (κ1) is 29.4. The third-order valence-corrected chi connectivity index (χ3v) is 1.34.